The minimum Gasteiger partial charge on any atom is -0.507 e. The number of carbonyl (C=O) groups is 1. The summed E-state index contributed by atoms with van der Waals surface area (Å²) in [6.45, 7) is 0. The SMILES string of the molecule is COc1ccc(-c2cc(=O)c3c(O)cc(O)c(O[C@H]4O[C@H](C(=O)O)[C@H](O)[C@@H](O)[C@@H]4O)c3o2)cc1. The van der Waals surface area contributed by atoms with E-state index in [0.29, 0.717) is 11.3 Å². The fourth-order valence-corrected chi connectivity index (χ4v) is 3.56. The highest BCUT2D eigenvalue weighted by molar-refractivity contribution is 5.91. The summed E-state index contributed by atoms with van der Waals surface area (Å²) in [7, 11) is 1.48. The molecule has 0 saturated carbocycles. The Labute approximate surface area is 190 Å². The zero-order valence-corrected chi connectivity index (χ0v) is 17.5. The Hall–Kier alpha value is -3.84. The molecule has 0 radical (unpaired) electrons. The highest BCUT2D eigenvalue weighted by Gasteiger charge is 2.48. The summed E-state index contributed by atoms with van der Waals surface area (Å²) in [6, 6.07) is 8.31. The van der Waals surface area contributed by atoms with E-state index in [-0.39, 0.29) is 11.1 Å². The first-order valence-corrected chi connectivity index (χ1v) is 9.88. The van der Waals surface area contributed by atoms with Crippen molar-refractivity contribution in [1.82, 2.24) is 0 Å². The summed E-state index contributed by atoms with van der Waals surface area (Å²) in [5.74, 6) is -3.00. The highest BCUT2D eigenvalue weighted by atomic mass is 16.7. The number of benzene rings is 2. The van der Waals surface area contributed by atoms with Crippen LogP contribution in [0.5, 0.6) is 23.0 Å². The minimum atomic E-state index is -1.97. The molecule has 1 fully saturated rings. The summed E-state index contributed by atoms with van der Waals surface area (Å²) in [4.78, 5) is 24.1. The van der Waals surface area contributed by atoms with E-state index in [0.717, 1.165) is 12.1 Å². The van der Waals surface area contributed by atoms with Gasteiger partial charge < -0.3 is 49.3 Å². The van der Waals surface area contributed by atoms with E-state index in [4.69, 9.17) is 18.6 Å². The second-order valence-electron chi connectivity index (χ2n) is 7.50. The number of rotatable bonds is 5. The molecule has 4 rings (SSSR count). The van der Waals surface area contributed by atoms with E-state index in [1.807, 2.05) is 0 Å². The van der Waals surface area contributed by atoms with Crippen molar-refractivity contribution in [2.24, 2.45) is 0 Å². The third kappa shape index (κ3) is 3.99. The van der Waals surface area contributed by atoms with Crippen LogP contribution in [0.1, 0.15) is 0 Å². The Balaban J connectivity index is 1.82. The molecule has 34 heavy (non-hydrogen) atoms. The summed E-state index contributed by atoms with van der Waals surface area (Å²) in [5, 5.41) is 59.5. The number of aliphatic hydroxyl groups excluding tert-OH is 3. The predicted molar refractivity (Wildman–Crippen MR) is 113 cm³/mol. The van der Waals surface area contributed by atoms with Crippen LogP contribution in [0, 0.1) is 0 Å². The van der Waals surface area contributed by atoms with E-state index in [2.05, 4.69) is 0 Å². The number of carboxylic acids is 1. The lowest BCUT2D eigenvalue weighted by Gasteiger charge is -2.38. The van der Waals surface area contributed by atoms with Crippen LogP contribution in [0.15, 0.2) is 45.6 Å². The Morgan fingerprint density at radius 1 is 0.971 bits per heavy atom. The van der Waals surface area contributed by atoms with Gasteiger partial charge in [-0.25, -0.2) is 4.79 Å². The van der Waals surface area contributed by atoms with Crippen molar-refractivity contribution in [1.29, 1.82) is 0 Å². The molecule has 3 aromatic rings. The van der Waals surface area contributed by atoms with Crippen molar-refractivity contribution >= 4 is 16.9 Å². The molecule has 0 unspecified atom stereocenters. The lowest BCUT2D eigenvalue weighted by molar-refractivity contribution is -0.271. The molecule has 1 aliphatic rings. The summed E-state index contributed by atoms with van der Waals surface area (Å²) >= 11 is 0. The van der Waals surface area contributed by atoms with Gasteiger partial charge >= 0.3 is 5.97 Å². The number of fused-ring (bicyclic) bond motifs is 1. The predicted octanol–water partition coefficient (Wildman–Crippen LogP) is 0.151. The van der Waals surface area contributed by atoms with Crippen LogP contribution in [0.2, 0.25) is 0 Å². The molecule has 5 atom stereocenters. The van der Waals surface area contributed by atoms with Gasteiger partial charge in [0.05, 0.1) is 7.11 Å². The number of hydrogen-bond donors (Lipinski definition) is 6. The van der Waals surface area contributed by atoms with Gasteiger partial charge in [0.25, 0.3) is 0 Å². The lowest BCUT2D eigenvalue weighted by atomic mass is 9.99. The van der Waals surface area contributed by atoms with E-state index in [1.54, 1.807) is 24.3 Å². The summed E-state index contributed by atoms with van der Waals surface area (Å²) < 4.78 is 21.3. The second-order valence-corrected chi connectivity index (χ2v) is 7.50. The molecule has 0 amide bonds. The third-order valence-corrected chi connectivity index (χ3v) is 5.34. The molecule has 0 spiro atoms. The maximum absolute atomic E-state index is 12.8. The molecule has 12 heteroatoms. The van der Waals surface area contributed by atoms with Crippen molar-refractivity contribution in [2.75, 3.05) is 7.11 Å². The first-order chi connectivity index (χ1) is 16.1. The Kier molecular flexibility index (Phi) is 6.06. The Morgan fingerprint density at radius 3 is 2.26 bits per heavy atom. The molecule has 12 nitrogen and oxygen atoms in total. The molecule has 1 saturated heterocycles. The number of ether oxygens (including phenoxy) is 3. The second kappa shape index (κ2) is 8.83. The van der Waals surface area contributed by atoms with Gasteiger partial charge in [-0.15, -0.1) is 0 Å². The number of carboxylic acid groups (broad SMARTS) is 1. The summed E-state index contributed by atoms with van der Waals surface area (Å²) in [6.07, 6.45) is -9.72. The quantitative estimate of drug-likeness (QED) is 0.292. The van der Waals surface area contributed by atoms with Crippen molar-refractivity contribution in [3.8, 4) is 34.3 Å². The normalized spacial score (nSPS) is 24.6. The number of hydrogen-bond acceptors (Lipinski definition) is 11. The maximum atomic E-state index is 12.8. The first kappa shape index (κ1) is 23.3. The molecule has 1 aromatic heterocycles. The number of phenolic OH excluding ortho intramolecular Hbond substituents is 2. The van der Waals surface area contributed by atoms with E-state index >= 15 is 0 Å². The molecular formula is C22H20O12. The van der Waals surface area contributed by atoms with Crippen LogP contribution in [-0.4, -0.2) is 74.4 Å². The van der Waals surface area contributed by atoms with Gasteiger partial charge in [0.15, 0.2) is 22.9 Å². The zero-order chi connectivity index (χ0) is 24.7. The third-order valence-electron chi connectivity index (χ3n) is 5.34. The van der Waals surface area contributed by atoms with Crippen LogP contribution in [-0.2, 0) is 9.53 Å². The highest BCUT2D eigenvalue weighted by Crippen LogP contribution is 2.42. The van der Waals surface area contributed by atoms with Gasteiger partial charge in [-0.2, -0.15) is 0 Å². The lowest BCUT2D eigenvalue weighted by Crippen LogP contribution is -2.61. The van der Waals surface area contributed by atoms with Crippen molar-refractivity contribution < 1.29 is 54.1 Å². The van der Waals surface area contributed by atoms with Crippen molar-refractivity contribution in [3.05, 3.63) is 46.6 Å². The van der Waals surface area contributed by atoms with E-state index in [9.17, 15) is 40.2 Å². The number of aromatic hydroxyl groups is 2. The number of methoxy groups -OCH3 is 1. The van der Waals surface area contributed by atoms with Gasteiger partial charge in [0.1, 0.15) is 41.0 Å². The van der Waals surface area contributed by atoms with E-state index < -0.39 is 64.9 Å². The van der Waals surface area contributed by atoms with E-state index in [1.165, 1.54) is 7.11 Å². The molecule has 0 bridgehead atoms. The number of aliphatic carboxylic acids is 1. The number of aliphatic hydroxyl groups is 3. The molecule has 2 heterocycles. The van der Waals surface area contributed by atoms with Crippen LogP contribution >= 0.6 is 0 Å². The smallest absolute Gasteiger partial charge is 0.335 e. The average molecular weight is 476 g/mol. The topological polar surface area (TPSA) is 196 Å². The van der Waals surface area contributed by atoms with Gasteiger partial charge in [0, 0.05) is 17.7 Å². The Bertz CT molecular complexity index is 1280. The molecular weight excluding hydrogens is 456 g/mol. The van der Waals surface area contributed by atoms with Gasteiger partial charge in [0.2, 0.25) is 12.0 Å². The average Bonchev–Trinajstić information content (AvgIpc) is 2.80. The van der Waals surface area contributed by atoms with Crippen LogP contribution in [0.25, 0.3) is 22.3 Å². The molecule has 0 aliphatic carbocycles. The monoisotopic (exact) mass is 476 g/mol. The molecule has 6 N–H and O–H groups in total. The fraction of sp³-hybridized carbons (Fsp3) is 0.273. The largest absolute Gasteiger partial charge is 0.507 e. The summed E-state index contributed by atoms with van der Waals surface area (Å²) in [5.41, 5.74) is -0.690. The van der Waals surface area contributed by atoms with Gasteiger partial charge in [-0.1, -0.05) is 0 Å². The Morgan fingerprint density at radius 2 is 1.65 bits per heavy atom. The fourth-order valence-electron chi connectivity index (χ4n) is 3.56. The van der Waals surface area contributed by atoms with Crippen LogP contribution in [0.3, 0.4) is 0 Å². The first-order valence-electron chi connectivity index (χ1n) is 9.88. The standard InChI is InChI=1S/C22H20O12/c1-31-9-4-2-8(3-5-9)13-7-11(24)14-10(23)6-12(25)18(19(14)32-13)33-22-17(28)15(26)16(27)20(34-22)21(29)30/h2-7,15-17,20,22-23,25-28H,1H3,(H,29,30)/t15-,16-,17+,20+,22+/m1/s1. The van der Waals surface area contributed by atoms with Crippen molar-refractivity contribution in [3.63, 3.8) is 0 Å². The molecule has 1 aliphatic heterocycles. The van der Waals surface area contributed by atoms with Crippen LogP contribution < -0.4 is 14.9 Å². The molecule has 2 aromatic carbocycles. The number of phenols is 2. The molecule has 180 valence electrons. The minimum absolute atomic E-state index is 0.0268. The van der Waals surface area contributed by atoms with Crippen LogP contribution in [0.4, 0.5) is 0 Å². The van der Waals surface area contributed by atoms with Crippen molar-refractivity contribution in [2.45, 2.75) is 30.7 Å². The maximum Gasteiger partial charge on any atom is 0.335 e. The van der Waals surface area contributed by atoms with Gasteiger partial charge in [-0.3, -0.25) is 4.79 Å². The van der Waals surface area contributed by atoms with Gasteiger partial charge in [-0.05, 0) is 24.3 Å². The zero-order valence-electron chi connectivity index (χ0n) is 17.5.